The molecule has 2 atom stereocenters. The lowest BCUT2D eigenvalue weighted by Crippen LogP contribution is -2.30. The Hall–Kier alpha value is -0.210. The zero-order chi connectivity index (χ0) is 12.2. The minimum atomic E-state index is -1.66. The van der Waals surface area contributed by atoms with E-state index in [0.717, 1.165) is 0 Å². The van der Waals surface area contributed by atoms with Crippen LogP contribution >= 0.6 is 6.26 Å². The molecule has 4 heteroatoms. The third kappa shape index (κ3) is 4.34. The topological polar surface area (TPSA) is 21.3 Å². The summed E-state index contributed by atoms with van der Waals surface area (Å²) in [7, 11) is 1.94. The molecule has 0 radical (unpaired) electrons. The number of benzene rings is 1. The highest BCUT2D eigenvalue weighted by Gasteiger charge is 2.21. The number of hydrogen-bond acceptors (Lipinski definition) is 3. The van der Waals surface area contributed by atoms with Gasteiger partial charge in [0.1, 0.15) is 6.10 Å². The summed E-state index contributed by atoms with van der Waals surface area (Å²) < 4.78 is 6.04. The summed E-state index contributed by atoms with van der Waals surface area (Å²) in [4.78, 5) is 0. The van der Waals surface area contributed by atoms with Gasteiger partial charge in [-0.1, -0.05) is 42.1 Å². The van der Waals surface area contributed by atoms with Crippen LogP contribution in [-0.2, 0) is 16.3 Å². The predicted molar refractivity (Wildman–Crippen MR) is 74.9 cm³/mol. The van der Waals surface area contributed by atoms with Crippen LogP contribution in [0.1, 0.15) is 18.6 Å². The van der Waals surface area contributed by atoms with E-state index in [1.807, 2.05) is 38.6 Å². The average molecular weight is 257 g/mol. The molecule has 2 unspecified atom stereocenters. The molecule has 0 heterocycles. The molecule has 1 N–H and O–H groups in total. The average Bonchev–Trinajstić information content (AvgIpc) is 2.25. The van der Waals surface area contributed by atoms with Crippen LogP contribution in [0.15, 0.2) is 30.3 Å². The fourth-order valence-electron chi connectivity index (χ4n) is 1.51. The first-order valence-electron chi connectivity index (χ1n) is 5.39. The number of hydrogen-bond donors (Lipinski definition) is 1. The summed E-state index contributed by atoms with van der Waals surface area (Å²) in [5.74, 6) is 0. The molecule has 0 aromatic heterocycles. The first-order chi connectivity index (χ1) is 7.44. The molecule has 1 aromatic carbocycles. The molecular weight excluding hydrogens is 237 g/mol. The molecule has 1 aromatic rings. The van der Waals surface area contributed by atoms with Crippen molar-refractivity contribution >= 4 is 18.1 Å². The van der Waals surface area contributed by atoms with Crippen molar-refractivity contribution in [3.8, 4) is 0 Å². The standard InChI is InChI=1S/C12H20NOPS/c1-10(13-2)12(14-15(3,4)16)11-8-6-5-7-9-11/h5-10,12-13H,1-4H3. The second-order valence-corrected chi connectivity index (χ2v) is 9.62. The summed E-state index contributed by atoms with van der Waals surface area (Å²) in [6.07, 6.45) is -1.63. The highest BCUT2D eigenvalue weighted by Crippen LogP contribution is 2.44. The highest BCUT2D eigenvalue weighted by atomic mass is 32.4. The lowest BCUT2D eigenvalue weighted by molar-refractivity contribution is 0.188. The van der Waals surface area contributed by atoms with E-state index in [4.69, 9.17) is 16.3 Å². The van der Waals surface area contributed by atoms with Crippen LogP contribution < -0.4 is 5.32 Å². The van der Waals surface area contributed by atoms with Gasteiger partial charge in [-0.2, -0.15) is 0 Å². The van der Waals surface area contributed by atoms with Crippen molar-refractivity contribution in [2.45, 2.75) is 19.1 Å². The maximum Gasteiger partial charge on any atom is 0.103 e. The van der Waals surface area contributed by atoms with Crippen molar-refractivity contribution in [1.82, 2.24) is 5.32 Å². The first-order valence-corrected chi connectivity index (χ1v) is 9.01. The van der Waals surface area contributed by atoms with E-state index in [1.165, 1.54) is 5.56 Å². The summed E-state index contributed by atoms with van der Waals surface area (Å²) in [6.45, 7) is 6.14. The number of nitrogens with one attached hydrogen (secondary N) is 1. The van der Waals surface area contributed by atoms with E-state index in [2.05, 4.69) is 24.4 Å². The molecule has 1 rings (SSSR count). The van der Waals surface area contributed by atoms with Crippen molar-refractivity contribution in [3.63, 3.8) is 0 Å². The zero-order valence-corrected chi connectivity index (χ0v) is 12.0. The van der Waals surface area contributed by atoms with E-state index in [-0.39, 0.29) is 12.1 Å². The summed E-state index contributed by atoms with van der Waals surface area (Å²) in [5.41, 5.74) is 1.18. The Morgan fingerprint density at radius 3 is 2.25 bits per heavy atom. The monoisotopic (exact) mass is 257 g/mol. The van der Waals surface area contributed by atoms with Crippen LogP contribution in [0.4, 0.5) is 0 Å². The Labute approximate surface area is 103 Å². The largest absolute Gasteiger partial charge is 0.342 e. The third-order valence-corrected chi connectivity index (χ3v) is 3.40. The molecule has 0 spiro atoms. The van der Waals surface area contributed by atoms with E-state index in [1.54, 1.807) is 0 Å². The lowest BCUT2D eigenvalue weighted by atomic mass is 10.0. The van der Waals surface area contributed by atoms with Gasteiger partial charge in [0.25, 0.3) is 0 Å². The second kappa shape index (κ2) is 5.92. The molecule has 0 amide bonds. The van der Waals surface area contributed by atoms with Crippen LogP contribution in [-0.4, -0.2) is 26.4 Å². The first kappa shape index (κ1) is 13.9. The van der Waals surface area contributed by atoms with Crippen molar-refractivity contribution in [3.05, 3.63) is 35.9 Å². The minimum absolute atomic E-state index is 0.0343. The molecule has 0 saturated carbocycles. The van der Waals surface area contributed by atoms with Gasteiger partial charge in [0.05, 0.1) is 6.26 Å². The van der Waals surface area contributed by atoms with Crippen molar-refractivity contribution in [1.29, 1.82) is 0 Å². The van der Waals surface area contributed by atoms with Gasteiger partial charge < -0.3 is 9.84 Å². The Bertz CT molecular complexity index is 363. The lowest BCUT2D eigenvalue weighted by Gasteiger charge is -2.28. The SMILES string of the molecule is CNC(C)C(OP(C)(C)=S)c1ccccc1. The normalized spacial score (nSPS) is 15.8. The van der Waals surface area contributed by atoms with Crippen LogP contribution in [0.5, 0.6) is 0 Å². The third-order valence-electron chi connectivity index (χ3n) is 2.40. The van der Waals surface area contributed by atoms with Crippen molar-refractivity contribution in [2.75, 3.05) is 20.4 Å². The van der Waals surface area contributed by atoms with Crippen LogP contribution in [0.2, 0.25) is 0 Å². The maximum atomic E-state index is 6.04. The molecule has 0 aliphatic carbocycles. The molecule has 0 fully saturated rings. The molecular formula is C12H20NOPS. The Kier molecular flexibility index (Phi) is 5.13. The van der Waals surface area contributed by atoms with Gasteiger partial charge in [-0.15, -0.1) is 0 Å². The summed E-state index contributed by atoms with van der Waals surface area (Å²) >= 11 is 5.39. The molecule has 0 saturated heterocycles. The number of likely N-dealkylation sites (N-methyl/N-ethyl adjacent to an activating group) is 1. The number of rotatable bonds is 5. The van der Waals surface area contributed by atoms with Crippen LogP contribution in [0.3, 0.4) is 0 Å². The quantitative estimate of drug-likeness (QED) is 0.819. The van der Waals surface area contributed by atoms with Gasteiger partial charge in [0.15, 0.2) is 0 Å². The summed E-state index contributed by atoms with van der Waals surface area (Å²) in [5, 5.41) is 3.23. The van der Waals surface area contributed by atoms with Gasteiger partial charge >= 0.3 is 0 Å². The van der Waals surface area contributed by atoms with E-state index in [9.17, 15) is 0 Å². The fourth-order valence-corrected chi connectivity index (χ4v) is 2.64. The highest BCUT2D eigenvalue weighted by molar-refractivity contribution is 8.11. The Balaban J connectivity index is 2.93. The van der Waals surface area contributed by atoms with Gasteiger partial charge in [-0.05, 0) is 32.9 Å². The van der Waals surface area contributed by atoms with Gasteiger partial charge in [0, 0.05) is 6.04 Å². The molecule has 2 nitrogen and oxygen atoms in total. The smallest absolute Gasteiger partial charge is 0.103 e. The van der Waals surface area contributed by atoms with E-state index >= 15 is 0 Å². The molecule has 90 valence electrons. The van der Waals surface area contributed by atoms with Gasteiger partial charge in [-0.25, -0.2) is 0 Å². The van der Waals surface area contributed by atoms with Crippen LogP contribution in [0, 0.1) is 0 Å². The van der Waals surface area contributed by atoms with Crippen LogP contribution in [0.25, 0.3) is 0 Å². The Morgan fingerprint density at radius 1 is 1.25 bits per heavy atom. The second-order valence-electron chi connectivity index (χ2n) is 4.27. The molecule has 0 aliphatic rings. The molecule has 0 bridgehead atoms. The zero-order valence-electron chi connectivity index (χ0n) is 10.3. The van der Waals surface area contributed by atoms with Gasteiger partial charge in [0.2, 0.25) is 0 Å². The molecule has 16 heavy (non-hydrogen) atoms. The Morgan fingerprint density at radius 2 is 1.81 bits per heavy atom. The van der Waals surface area contributed by atoms with Gasteiger partial charge in [-0.3, -0.25) is 0 Å². The van der Waals surface area contributed by atoms with Crippen molar-refractivity contribution < 1.29 is 4.52 Å². The van der Waals surface area contributed by atoms with Crippen molar-refractivity contribution in [2.24, 2.45) is 0 Å². The fraction of sp³-hybridized carbons (Fsp3) is 0.500. The molecule has 0 aliphatic heterocycles. The van der Waals surface area contributed by atoms with E-state index in [0.29, 0.717) is 0 Å². The predicted octanol–water partition coefficient (Wildman–Crippen LogP) is 3.01. The minimum Gasteiger partial charge on any atom is -0.342 e. The summed E-state index contributed by atoms with van der Waals surface area (Å²) in [6, 6.07) is 10.5. The maximum absolute atomic E-state index is 6.04. The van der Waals surface area contributed by atoms with E-state index < -0.39 is 6.26 Å².